The second-order valence-corrected chi connectivity index (χ2v) is 6.02. The average Bonchev–Trinajstić information content (AvgIpc) is 2.73. The van der Waals surface area contributed by atoms with E-state index in [1.807, 2.05) is 18.2 Å². The topological polar surface area (TPSA) is 78.7 Å². The number of nitro benzene ring substituents is 1. The lowest BCUT2D eigenvalue weighted by atomic mass is 9.97. The van der Waals surface area contributed by atoms with Crippen molar-refractivity contribution in [3.8, 4) is 28.0 Å². The quantitative estimate of drug-likeness (QED) is 0.339. The molecular weight excluding hydrogens is 358 g/mol. The Morgan fingerprint density at radius 2 is 1.68 bits per heavy atom. The number of nitrogens with zero attached hydrogens (tertiary/aromatic N) is 1. The number of carbonyl (C=O) groups excluding carboxylic acids is 1. The number of hydrogen-bond donors (Lipinski definition) is 0. The van der Waals surface area contributed by atoms with Gasteiger partial charge in [-0.2, -0.15) is 0 Å². The van der Waals surface area contributed by atoms with Crippen LogP contribution in [0.4, 0.5) is 5.69 Å². The summed E-state index contributed by atoms with van der Waals surface area (Å²) < 4.78 is 10.5. The summed E-state index contributed by atoms with van der Waals surface area (Å²) in [5.41, 5.74) is 3.56. The lowest BCUT2D eigenvalue weighted by Crippen LogP contribution is -2.04. The van der Waals surface area contributed by atoms with Gasteiger partial charge in [0.1, 0.15) is 5.75 Å². The molecular formula is C22H19NO5. The van der Waals surface area contributed by atoms with Crippen LogP contribution in [0.2, 0.25) is 0 Å². The molecule has 0 spiro atoms. The molecule has 0 aliphatic carbocycles. The maximum atomic E-state index is 12.0. The minimum absolute atomic E-state index is 0.00858. The molecule has 0 amide bonds. The molecule has 0 aliphatic heterocycles. The van der Waals surface area contributed by atoms with Crippen molar-refractivity contribution in [2.75, 3.05) is 13.7 Å². The third-order valence-corrected chi connectivity index (χ3v) is 4.27. The molecule has 142 valence electrons. The standard InChI is InChI=1S/C22H19NO5/c1-3-28-22(24)18-8-4-6-15(12-18)16-10-11-21(27-2)20(14-16)17-7-5-9-19(13-17)23(25)26/h4-14H,3H2,1-2H3. The van der Waals surface area contributed by atoms with Gasteiger partial charge in [-0.25, -0.2) is 4.79 Å². The number of methoxy groups -OCH3 is 1. The van der Waals surface area contributed by atoms with Crippen molar-refractivity contribution in [2.24, 2.45) is 0 Å². The summed E-state index contributed by atoms with van der Waals surface area (Å²) in [6, 6.07) is 19.1. The van der Waals surface area contributed by atoms with E-state index in [0.717, 1.165) is 16.7 Å². The van der Waals surface area contributed by atoms with Crippen LogP contribution >= 0.6 is 0 Å². The molecule has 3 rings (SSSR count). The molecule has 0 aromatic heterocycles. The highest BCUT2D eigenvalue weighted by atomic mass is 16.6. The van der Waals surface area contributed by atoms with Gasteiger partial charge in [0.2, 0.25) is 0 Å². The van der Waals surface area contributed by atoms with Crippen LogP contribution in [0.25, 0.3) is 22.3 Å². The maximum absolute atomic E-state index is 12.0. The number of carbonyl (C=O) groups is 1. The van der Waals surface area contributed by atoms with E-state index in [0.29, 0.717) is 23.5 Å². The fraction of sp³-hybridized carbons (Fsp3) is 0.136. The van der Waals surface area contributed by atoms with Gasteiger partial charge >= 0.3 is 5.97 Å². The lowest BCUT2D eigenvalue weighted by molar-refractivity contribution is -0.384. The Morgan fingerprint density at radius 1 is 0.964 bits per heavy atom. The molecule has 28 heavy (non-hydrogen) atoms. The van der Waals surface area contributed by atoms with E-state index in [9.17, 15) is 14.9 Å². The molecule has 0 aliphatic rings. The number of nitro groups is 1. The first-order valence-corrected chi connectivity index (χ1v) is 8.74. The molecule has 0 saturated heterocycles. The second kappa shape index (κ2) is 8.35. The van der Waals surface area contributed by atoms with Crippen molar-refractivity contribution >= 4 is 11.7 Å². The zero-order chi connectivity index (χ0) is 20.1. The predicted octanol–water partition coefficient (Wildman–Crippen LogP) is 5.11. The highest BCUT2D eigenvalue weighted by Crippen LogP contribution is 2.35. The summed E-state index contributed by atoms with van der Waals surface area (Å²) in [4.78, 5) is 22.7. The minimum Gasteiger partial charge on any atom is -0.496 e. The molecule has 0 atom stereocenters. The van der Waals surface area contributed by atoms with Crippen molar-refractivity contribution in [1.29, 1.82) is 0 Å². The fourth-order valence-corrected chi connectivity index (χ4v) is 2.94. The van der Waals surface area contributed by atoms with Crippen LogP contribution in [-0.4, -0.2) is 24.6 Å². The van der Waals surface area contributed by atoms with Gasteiger partial charge in [-0.15, -0.1) is 0 Å². The highest BCUT2D eigenvalue weighted by Gasteiger charge is 2.13. The summed E-state index contributed by atoms with van der Waals surface area (Å²) in [6.45, 7) is 2.07. The SMILES string of the molecule is CCOC(=O)c1cccc(-c2ccc(OC)c(-c3cccc([N+](=O)[O-])c3)c2)c1. The Kier molecular flexibility index (Phi) is 5.69. The van der Waals surface area contributed by atoms with Gasteiger partial charge in [0.05, 0.1) is 24.2 Å². The Labute approximate surface area is 162 Å². The van der Waals surface area contributed by atoms with Crippen LogP contribution in [0.15, 0.2) is 66.7 Å². The van der Waals surface area contributed by atoms with Gasteiger partial charge < -0.3 is 9.47 Å². The maximum Gasteiger partial charge on any atom is 0.338 e. The van der Waals surface area contributed by atoms with E-state index in [2.05, 4.69) is 0 Å². The highest BCUT2D eigenvalue weighted by molar-refractivity contribution is 5.91. The molecule has 0 N–H and O–H groups in total. The van der Waals surface area contributed by atoms with Gasteiger partial charge in [0.15, 0.2) is 0 Å². The smallest absolute Gasteiger partial charge is 0.338 e. The summed E-state index contributed by atoms with van der Waals surface area (Å²) in [6.07, 6.45) is 0. The van der Waals surface area contributed by atoms with Crippen LogP contribution in [0, 0.1) is 10.1 Å². The van der Waals surface area contributed by atoms with Crippen molar-refractivity contribution in [3.63, 3.8) is 0 Å². The number of non-ortho nitro benzene ring substituents is 1. The molecule has 0 fully saturated rings. The third-order valence-electron chi connectivity index (χ3n) is 4.27. The van der Waals surface area contributed by atoms with Crippen LogP contribution in [0.3, 0.4) is 0 Å². The summed E-state index contributed by atoms with van der Waals surface area (Å²) in [5.74, 6) is 0.225. The molecule has 6 nitrogen and oxygen atoms in total. The van der Waals surface area contributed by atoms with Crippen molar-refractivity contribution < 1.29 is 19.2 Å². The Hall–Kier alpha value is -3.67. The first-order valence-electron chi connectivity index (χ1n) is 8.74. The normalized spacial score (nSPS) is 10.4. The van der Waals surface area contributed by atoms with E-state index in [4.69, 9.17) is 9.47 Å². The van der Waals surface area contributed by atoms with E-state index >= 15 is 0 Å². The number of ether oxygens (including phenoxy) is 2. The van der Waals surface area contributed by atoms with Gasteiger partial charge in [-0.05, 0) is 47.9 Å². The van der Waals surface area contributed by atoms with E-state index < -0.39 is 4.92 Å². The molecule has 6 heteroatoms. The van der Waals surface area contributed by atoms with Gasteiger partial charge in [-0.3, -0.25) is 10.1 Å². The minimum atomic E-state index is -0.428. The first-order chi connectivity index (χ1) is 13.5. The average molecular weight is 377 g/mol. The Morgan fingerprint density at radius 3 is 2.39 bits per heavy atom. The number of rotatable bonds is 6. The summed E-state index contributed by atoms with van der Waals surface area (Å²) >= 11 is 0. The van der Waals surface area contributed by atoms with Crippen molar-refractivity contribution in [3.05, 3.63) is 82.4 Å². The second-order valence-electron chi connectivity index (χ2n) is 6.02. The van der Waals surface area contributed by atoms with Crippen LogP contribution < -0.4 is 4.74 Å². The van der Waals surface area contributed by atoms with Crippen LogP contribution in [0.5, 0.6) is 5.75 Å². The zero-order valence-corrected chi connectivity index (χ0v) is 15.5. The summed E-state index contributed by atoms with van der Waals surface area (Å²) in [7, 11) is 1.55. The molecule has 0 saturated carbocycles. The van der Waals surface area contributed by atoms with Crippen molar-refractivity contribution in [2.45, 2.75) is 6.92 Å². The molecule has 3 aromatic rings. The van der Waals surface area contributed by atoms with Crippen LogP contribution in [-0.2, 0) is 4.74 Å². The Bertz CT molecular complexity index is 1030. The third kappa shape index (κ3) is 4.01. The monoisotopic (exact) mass is 377 g/mol. The number of esters is 1. The van der Waals surface area contributed by atoms with Crippen LogP contribution in [0.1, 0.15) is 17.3 Å². The van der Waals surface area contributed by atoms with E-state index in [-0.39, 0.29) is 11.7 Å². The first kappa shape index (κ1) is 19.1. The molecule has 0 radical (unpaired) electrons. The molecule has 3 aromatic carbocycles. The largest absolute Gasteiger partial charge is 0.496 e. The van der Waals surface area contributed by atoms with Gasteiger partial charge in [-0.1, -0.05) is 30.3 Å². The lowest BCUT2D eigenvalue weighted by Gasteiger charge is -2.12. The van der Waals surface area contributed by atoms with Gasteiger partial charge in [0.25, 0.3) is 5.69 Å². The molecule has 0 heterocycles. The number of hydrogen-bond acceptors (Lipinski definition) is 5. The molecule has 0 bridgehead atoms. The predicted molar refractivity (Wildman–Crippen MR) is 106 cm³/mol. The molecule has 0 unspecified atom stereocenters. The van der Waals surface area contributed by atoms with Crippen molar-refractivity contribution in [1.82, 2.24) is 0 Å². The number of benzene rings is 3. The van der Waals surface area contributed by atoms with Gasteiger partial charge in [0, 0.05) is 17.7 Å². The fourth-order valence-electron chi connectivity index (χ4n) is 2.94. The Balaban J connectivity index is 2.07. The van der Waals surface area contributed by atoms with E-state index in [1.165, 1.54) is 12.1 Å². The van der Waals surface area contributed by atoms with E-state index in [1.54, 1.807) is 50.4 Å². The zero-order valence-electron chi connectivity index (χ0n) is 15.5. The summed E-state index contributed by atoms with van der Waals surface area (Å²) in [5, 5.41) is 11.1.